The average Bonchev–Trinajstić information content (AvgIpc) is 2.99. The number of hydrogen-bond acceptors (Lipinski definition) is 7. The van der Waals surface area contributed by atoms with Crippen molar-refractivity contribution in [1.82, 2.24) is 10.2 Å². The predicted octanol–water partition coefficient (Wildman–Crippen LogP) is 3.73. The fraction of sp³-hybridized carbons (Fsp3) is 0.400. The third-order valence-electron chi connectivity index (χ3n) is 2.95. The Morgan fingerprint density at radius 3 is 2.73 bits per heavy atom. The molecule has 0 radical (unpaired) electrons. The third-order valence-corrected chi connectivity index (χ3v) is 5.02. The zero-order valence-corrected chi connectivity index (χ0v) is 14.5. The van der Waals surface area contributed by atoms with Crippen LogP contribution >= 0.6 is 23.1 Å². The van der Waals surface area contributed by atoms with E-state index in [0.29, 0.717) is 5.56 Å². The van der Waals surface area contributed by atoms with Crippen LogP contribution in [0.5, 0.6) is 5.75 Å². The lowest BCUT2D eigenvalue weighted by Gasteiger charge is -2.08. The number of rotatable bonds is 8. The Hall–Kier alpha value is -1.60. The summed E-state index contributed by atoms with van der Waals surface area (Å²) in [5.41, 5.74) is 0.676. The normalized spacial score (nSPS) is 12.0. The molecule has 0 saturated carbocycles. The molecule has 1 heterocycles. The number of ether oxygens (including phenoxy) is 1. The van der Waals surface area contributed by atoms with E-state index in [1.807, 2.05) is 6.92 Å². The van der Waals surface area contributed by atoms with Gasteiger partial charge in [0.25, 0.3) is 0 Å². The standard InChI is InChI=1S/C15H19N3O2S2/c1-4-9-16-14-17-18-15(22-14)21-10(2)13(19)11-5-7-12(20-3)8-6-11/h5-8,10H,4,9H2,1-3H3,(H,16,17)/t10-/m1/s1. The molecule has 118 valence electrons. The number of carbonyl (C=O) groups is 1. The van der Waals surface area contributed by atoms with E-state index in [9.17, 15) is 4.79 Å². The second-order valence-electron chi connectivity index (χ2n) is 4.65. The molecule has 2 aromatic rings. The first kappa shape index (κ1) is 16.8. The predicted molar refractivity (Wildman–Crippen MR) is 91.3 cm³/mol. The molecule has 5 nitrogen and oxygen atoms in total. The summed E-state index contributed by atoms with van der Waals surface area (Å²) in [6.07, 6.45) is 1.04. The van der Waals surface area contributed by atoms with Crippen molar-refractivity contribution in [3.63, 3.8) is 0 Å². The summed E-state index contributed by atoms with van der Waals surface area (Å²) in [4.78, 5) is 12.4. The number of nitrogens with zero attached hydrogens (tertiary/aromatic N) is 2. The van der Waals surface area contributed by atoms with Crippen molar-refractivity contribution >= 4 is 34.0 Å². The topological polar surface area (TPSA) is 64.1 Å². The van der Waals surface area contributed by atoms with Crippen molar-refractivity contribution in [3.8, 4) is 5.75 Å². The van der Waals surface area contributed by atoms with E-state index in [-0.39, 0.29) is 11.0 Å². The first-order valence-electron chi connectivity index (χ1n) is 7.06. The van der Waals surface area contributed by atoms with Crippen LogP contribution in [0.1, 0.15) is 30.6 Å². The summed E-state index contributed by atoms with van der Waals surface area (Å²) in [7, 11) is 1.61. The Kier molecular flexibility index (Phi) is 6.21. The Labute approximate surface area is 138 Å². The number of thioether (sulfide) groups is 1. The van der Waals surface area contributed by atoms with E-state index in [2.05, 4.69) is 22.4 Å². The number of ketones is 1. The molecule has 0 fully saturated rings. The molecule has 0 spiro atoms. The Balaban J connectivity index is 1.96. The fourth-order valence-corrected chi connectivity index (χ4v) is 3.75. The molecule has 0 aliphatic rings. The molecule has 7 heteroatoms. The maximum atomic E-state index is 12.4. The Bertz CT molecular complexity index is 614. The summed E-state index contributed by atoms with van der Waals surface area (Å²) < 4.78 is 5.90. The smallest absolute Gasteiger partial charge is 0.206 e. The molecule has 0 aliphatic heterocycles. The van der Waals surface area contributed by atoms with E-state index >= 15 is 0 Å². The van der Waals surface area contributed by atoms with Gasteiger partial charge in [-0.3, -0.25) is 4.79 Å². The maximum Gasteiger partial charge on any atom is 0.206 e. The van der Waals surface area contributed by atoms with Crippen molar-refractivity contribution < 1.29 is 9.53 Å². The minimum absolute atomic E-state index is 0.0749. The highest BCUT2D eigenvalue weighted by atomic mass is 32.2. The molecule has 0 amide bonds. The average molecular weight is 337 g/mol. The van der Waals surface area contributed by atoms with E-state index in [0.717, 1.165) is 28.2 Å². The summed E-state index contributed by atoms with van der Waals surface area (Å²) in [6.45, 7) is 4.86. The molecule has 0 saturated heterocycles. The van der Waals surface area contributed by atoms with Gasteiger partial charge in [0.2, 0.25) is 5.13 Å². The molecule has 1 atom stereocenters. The zero-order chi connectivity index (χ0) is 15.9. The van der Waals surface area contributed by atoms with Gasteiger partial charge in [-0.15, -0.1) is 10.2 Å². The van der Waals surface area contributed by atoms with Crippen LogP contribution in [-0.2, 0) is 0 Å². The van der Waals surface area contributed by atoms with E-state index in [1.54, 1.807) is 31.4 Å². The van der Waals surface area contributed by atoms with Gasteiger partial charge in [0.15, 0.2) is 10.1 Å². The molecule has 2 rings (SSSR count). The molecule has 1 N–H and O–H groups in total. The van der Waals surface area contributed by atoms with Crippen molar-refractivity contribution in [2.45, 2.75) is 29.9 Å². The summed E-state index contributed by atoms with van der Waals surface area (Å²) in [5.74, 6) is 0.818. The van der Waals surface area contributed by atoms with Gasteiger partial charge in [0.05, 0.1) is 12.4 Å². The highest BCUT2D eigenvalue weighted by Gasteiger charge is 2.18. The lowest BCUT2D eigenvalue weighted by atomic mass is 10.1. The molecule has 0 aliphatic carbocycles. The number of Topliss-reactive ketones (excluding diaryl/α,β-unsaturated/α-hetero) is 1. The van der Waals surface area contributed by atoms with Crippen molar-refractivity contribution in [1.29, 1.82) is 0 Å². The maximum absolute atomic E-state index is 12.4. The zero-order valence-electron chi connectivity index (χ0n) is 12.8. The molecular formula is C15H19N3O2S2. The number of methoxy groups -OCH3 is 1. The largest absolute Gasteiger partial charge is 0.497 e. The van der Waals surface area contributed by atoms with E-state index in [1.165, 1.54) is 23.1 Å². The second-order valence-corrected chi connectivity index (χ2v) is 7.22. The first-order valence-corrected chi connectivity index (χ1v) is 8.76. The van der Waals surface area contributed by atoms with E-state index < -0.39 is 0 Å². The van der Waals surface area contributed by atoms with Crippen molar-refractivity contribution in [2.24, 2.45) is 0 Å². The molecule has 1 aromatic heterocycles. The van der Waals surface area contributed by atoms with Gasteiger partial charge >= 0.3 is 0 Å². The SMILES string of the molecule is CCCNc1nnc(S[C@H](C)C(=O)c2ccc(OC)cc2)s1. The molecule has 0 bridgehead atoms. The van der Waals surface area contributed by atoms with Crippen LogP contribution in [-0.4, -0.2) is 34.9 Å². The summed E-state index contributed by atoms with van der Waals surface area (Å²) in [5, 5.41) is 12.0. The minimum atomic E-state index is -0.208. The number of benzene rings is 1. The molecule has 1 aromatic carbocycles. The number of anilines is 1. The molecule has 22 heavy (non-hydrogen) atoms. The second kappa shape index (κ2) is 8.14. The quantitative estimate of drug-likeness (QED) is 0.585. The van der Waals surface area contributed by atoms with Crippen LogP contribution in [0.4, 0.5) is 5.13 Å². The van der Waals surface area contributed by atoms with Crippen LogP contribution in [0.2, 0.25) is 0 Å². The van der Waals surface area contributed by atoms with Gasteiger partial charge in [0.1, 0.15) is 5.75 Å². The van der Waals surface area contributed by atoms with Crippen molar-refractivity contribution in [3.05, 3.63) is 29.8 Å². The Morgan fingerprint density at radius 1 is 1.36 bits per heavy atom. The van der Waals surface area contributed by atoms with Gasteiger partial charge < -0.3 is 10.1 Å². The highest BCUT2D eigenvalue weighted by molar-refractivity contribution is 8.02. The van der Waals surface area contributed by atoms with Gasteiger partial charge in [-0.1, -0.05) is 30.0 Å². The van der Waals surface area contributed by atoms with Crippen LogP contribution in [0.3, 0.4) is 0 Å². The number of hydrogen-bond donors (Lipinski definition) is 1. The Morgan fingerprint density at radius 2 is 2.09 bits per heavy atom. The van der Waals surface area contributed by atoms with Gasteiger partial charge in [0, 0.05) is 12.1 Å². The van der Waals surface area contributed by atoms with Crippen LogP contribution < -0.4 is 10.1 Å². The number of aromatic nitrogens is 2. The van der Waals surface area contributed by atoms with E-state index in [4.69, 9.17) is 4.74 Å². The monoisotopic (exact) mass is 337 g/mol. The fourth-order valence-electron chi connectivity index (χ4n) is 1.76. The van der Waals surface area contributed by atoms with Gasteiger partial charge in [-0.2, -0.15) is 0 Å². The minimum Gasteiger partial charge on any atom is -0.497 e. The van der Waals surface area contributed by atoms with Crippen LogP contribution in [0.25, 0.3) is 0 Å². The van der Waals surface area contributed by atoms with Gasteiger partial charge in [-0.05, 0) is 37.6 Å². The first-order chi connectivity index (χ1) is 10.6. The lowest BCUT2D eigenvalue weighted by molar-refractivity contribution is 0.0994. The van der Waals surface area contributed by atoms with Gasteiger partial charge in [-0.25, -0.2) is 0 Å². The van der Waals surface area contributed by atoms with Crippen molar-refractivity contribution in [2.75, 3.05) is 19.0 Å². The summed E-state index contributed by atoms with van der Waals surface area (Å²) in [6, 6.07) is 7.16. The number of nitrogens with one attached hydrogen (secondary N) is 1. The lowest BCUT2D eigenvalue weighted by Crippen LogP contribution is -2.13. The number of carbonyl (C=O) groups excluding carboxylic acids is 1. The molecule has 0 unspecified atom stereocenters. The summed E-state index contributed by atoms with van der Waals surface area (Å²) >= 11 is 2.91. The van der Waals surface area contributed by atoms with Crippen LogP contribution in [0.15, 0.2) is 28.6 Å². The third kappa shape index (κ3) is 4.45. The van der Waals surface area contributed by atoms with Crippen LogP contribution in [0, 0.1) is 0 Å². The molecular weight excluding hydrogens is 318 g/mol. The highest BCUT2D eigenvalue weighted by Crippen LogP contribution is 2.30.